The van der Waals surface area contributed by atoms with Gasteiger partial charge in [0, 0.05) is 25.6 Å². The van der Waals surface area contributed by atoms with Crippen LogP contribution in [0.25, 0.3) is 0 Å². The average molecular weight is 561 g/mol. The molecule has 4 heterocycles. The Balaban J connectivity index is 1.48. The van der Waals surface area contributed by atoms with Crippen LogP contribution in [-0.4, -0.2) is 113 Å². The maximum atomic E-state index is 14.5. The molecular formula is C27H37FN6O6. The van der Waals surface area contributed by atoms with Crippen molar-refractivity contribution in [1.29, 1.82) is 0 Å². The van der Waals surface area contributed by atoms with Crippen LogP contribution in [0.1, 0.15) is 33.6 Å². The van der Waals surface area contributed by atoms with E-state index in [1.165, 1.54) is 24.4 Å². The highest BCUT2D eigenvalue weighted by atomic mass is 19.1. The number of carbonyl (C=O) groups excluding carboxylic acids is 1. The van der Waals surface area contributed by atoms with Crippen molar-refractivity contribution >= 4 is 29.4 Å². The number of piperidine rings is 1. The normalized spacial score (nSPS) is 33.6. The number of fused-ring (bicyclic) bond motifs is 1. The monoisotopic (exact) mass is 560 g/mol. The molecule has 0 spiro atoms. The number of ether oxygens (including phenoxy) is 2. The van der Waals surface area contributed by atoms with Crippen LogP contribution in [0, 0.1) is 11.2 Å². The lowest BCUT2D eigenvalue weighted by Gasteiger charge is -2.53. The van der Waals surface area contributed by atoms with E-state index in [1.54, 1.807) is 39.0 Å². The first kappa shape index (κ1) is 28.7. The smallest absolute Gasteiger partial charge is 0.215 e. The summed E-state index contributed by atoms with van der Waals surface area (Å²) in [5.41, 5.74) is 1.03. The highest BCUT2D eigenvalue weighted by molar-refractivity contribution is 6.51. The number of ketones is 1. The first-order valence-electron chi connectivity index (χ1n) is 13.3. The second kappa shape index (κ2) is 9.93. The van der Waals surface area contributed by atoms with Crippen molar-refractivity contribution in [3.8, 4) is 0 Å². The van der Waals surface area contributed by atoms with Gasteiger partial charge in [-0.3, -0.25) is 15.5 Å². The highest BCUT2D eigenvalue weighted by Crippen LogP contribution is 2.48. The molecule has 40 heavy (non-hydrogen) atoms. The van der Waals surface area contributed by atoms with Crippen LogP contribution in [0.4, 0.5) is 10.1 Å². The zero-order valence-electron chi connectivity index (χ0n) is 23.1. The molecule has 12 nitrogen and oxygen atoms in total. The first-order valence-corrected chi connectivity index (χ1v) is 13.3. The summed E-state index contributed by atoms with van der Waals surface area (Å²) in [6.07, 6.45) is -2.37. The van der Waals surface area contributed by atoms with Gasteiger partial charge in [-0.2, -0.15) is 0 Å². The van der Waals surface area contributed by atoms with E-state index >= 15 is 0 Å². The summed E-state index contributed by atoms with van der Waals surface area (Å²) in [5.74, 6) is -0.546. The zero-order chi connectivity index (χ0) is 29.1. The van der Waals surface area contributed by atoms with Gasteiger partial charge in [-0.15, -0.1) is 0 Å². The van der Waals surface area contributed by atoms with Crippen LogP contribution in [0.3, 0.4) is 0 Å². The minimum atomic E-state index is -2.08. The molecule has 1 unspecified atom stereocenters. The number of nitrogens with two attached hydrogens (primary N) is 1. The number of hydrogen-bond donors (Lipinski definition) is 4. The molecule has 0 aliphatic carbocycles. The molecule has 0 radical (unpaired) electrons. The number of nitrogens with zero attached hydrogens (tertiary/aromatic N) is 5. The molecule has 0 aromatic heterocycles. The molecule has 1 aromatic carbocycles. The Hall–Kier alpha value is -2.81. The van der Waals surface area contributed by atoms with Crippen molar-refractivity contribution in [3.63, 3.8) is 0 Å². The molecule has 0 saturated carbocycles. The number of halogens is 1. The van der Waals surface area contributed by atoms with E-state index in [9.17, 15) is 24.5 Å². The molecule has 13 heteroatoms. The van der Waals surface area contributed by atoms with Gasteiger partial charge in [-0.1, -0.05) is 32.9 Å². The number of benzene rings is 1. The van der Waals surface area contributed by atoms with Gasteiger partial charge in [0.2, 0.25) is 5.66 Å². The van der Waals surface area contributed by atoms with Gasteiger partial charge in [0.15, 0.2) is 23.4 Å². The number of rotatable bonds is 6. The molecule has 0 amide bonds. The number of aliphatic hydroxyl groups excluding tert-OH is 2. The number of para-hydroxylation sites is 1. The van der Waals surface area contributed by atoms with Gasteiger partial charge in [-0.05, 0) is 25.0 Å². The predicted octanol–water partition coefficient (Wildman–Crippen LogP) is 0.0450. The zero-order valence-corrected chi connectivity index (χ0v) is 23.1. The van der Waals surface area contributed by atoms with Crippen LogP contribution >= 0.6 is 0 Å². The van der Waals surface area contributed by atoms with E-state index in [-0.39, 0.29) is 42.7 Å². The molecule has 4 aliphatic heterocycles. The number of methoxy groups -OCH3 is 1. The van der Waals surface area contributed by atoms with Crippen molar-refractivity contribution in [3.05, 3.63) is 30.1 Å². The van der Waals surface area contributed by atoms with E-state index in [4.69, 9.17) is 15.2 Å². The number of aliphatic imine (C=N–C) groups is 3. The quantitative estimate of drug-likeness (QED) is 0.376. The Bertz CT molecular complexity index is 1260. The van der Waals surface area contributed by atoms with Crippen molar-refractivity contribution in [1.82, 2.24) is 4.90 Å². The summed E-state index contributed by atoms with van der Waals surface area (Å²) >= 11 is 0. The number of amidine groups is 1. The molecule has 2 saturated heterocycles. The van der Waals surface area contributed by atoms with E-state index in [0.29, 0.717) is 18.8 Å². The molecule has 0 bridgehead atoms. The summed E-state index contributed by atoms with van der Waals surface area (Å²) < 4.78 is 26.6. The molecule has 5 rings (SSSR count). The molecule has 1 aromatic rings. The van der Waals surface area contributed by atoms with Crippen molar-refractivity contribution < 1.29 is 34.0 Å². The standard InChI is InChI=1S/C27H37FN6O6/c1-24(2,3)22(37)27(29)19-21(30-14-32-27)34(15-31-19)23-26(38,20(36)18(13-35)40-23)25(39-4)9-11-33(12-10-25)17-8-6-5-7-16(17)28/h5-8,14,18,20,23,35-36,38H,9-13,15,29H2,1-4H3/t18-,20-,23-,26-,27?/m1/s1. The van der Waals surface area contributed by atoms with Crippen molar-refractivity contribution in [2.45, 2.75) is 68.9 Å². The lowest BCUT2D eigenvalue weighted by molar-refractivity contribution is -0.243. The minimum absolute atomic E-state index is 0.0904. The largest absolute Gasteiger partial charge is 0.394 e. The minimum Gasteiger partial charge on any atom is -0.394 e. The van der Waals surface area contributed by atoms with E-state index in [1.807, 2.05) is 4.90 Å². The number of aliphatic hydroxyl groups is 3. The van der Waals surface area contributed by atoms with Gasteiger partial charge in [0.1, 0.15) is 42.3 Å². The lowest BCUT2D eigenvalue weighted by atomic mass is 9.71. The molecule has 5 atom stereocenters. The molecular weight excluding hydrogens is 523 g/mol. The fraction of sp³-hybridized carbons (Fsp3) is 0.630. The second-order valence-corrected chi connectivity index (χ2v) is 11.8. The van der Waals surface area contributed by atoms with Gasteiger partial charge in [-0.25, -0.2) is 14.4 Å². The Kier molecular flexibility index (Phi) is 7.12. The van der Waals surface area contributed by atoms with E-state index in [2.05, 4.69) is 15.0 Å². The third kappa shape index (κ3) is 4.10. The molecule has 5 N–H and O–H groups in total. The second-order valence-electron chi connectivity index (χ2n) is 11.8. The lowest BCUT2D eigenvalue weighted by Crippen LogP contribution is -2.72. The Labute approximate surface area is 232 Å². The van der Waals surface area contributed by atoms with Gasteiger partial charge >= 0.3 is 0 Å². The number of Topliss-reactive ketones (excluding diaryl/α,β-unsaturated/α-hetero) is 1. The predicted molar refractivity (Wildman–Crippen MR) is 146 cm³/mol. The van der Waals surface area contributed by atoms with Gasteiger partial charge in [0.05, 0.1) is 12.3 Å². The number of anilines is 1. The molecule has 2 fully saturated rings. The average Bonchev–Trinajstić information content (AvgIpc) is 3.48. The summed E-state index contributed by atoms with van der Waals surface area (Å²) in [7, 11) is 1.44. The van der Waals surface area contributed by atoms with Crippen molar-refractivity contribution in [2.75, 3.05) is 38.4 Å². The van der Waals surface area contributed by atoms with Crippen LogP contribution in [0.15, 0.2) is 39.2 Å². The Morgan fingerprint density at radius 2 is 1.95 bits per heavy atom. The van der Waals surface area contributed by atoms with Gasteiger partial charge in [0.25, 0.3) is 0 Å². The van der Waals surface area contributed by atoms with Crippen molar-refractivity contribution in [2.24, 2.45) is 26.1 Å². The summed E-state index contributed by atoms with van der Waals surface area (Å²) in [5, 5.41) is 33.9. The van der Waals surface area contributed by atoms with Gasteiger partial charge < -0.3 is 34.6 Å². The maximum absolute atomic E-state index is 14.5. The third-order valence-corrected chi connectivity index (χ3v) is 8.53. The highest BCUT2D eigenvalue weighted by Gasteiger charge is 2.69. The summed E-state index contributed by atoms with van der Waals surface area (Å²) in [6.45, 7) is 5.18. The maximum Gasteiger partial charge on any atom is 0.215 e. The molecule has 4 aliphatic rings. The Morgan fingerprint density at radius 3 is 2.55 bits per heavy atom. The molecule has 218 valence electrons. The van der Waals surface area contributed by atoms with Crippen LogP contribution in [-0.2, 0) is 14.3 Å². The van der Waals surface area contributed by atoms with Crippen LogP contribution in [0.5, 0.6) is 0 Å². The number of hydrogen-bond acceptors (Lipinski definition) is 12. The van der Waals surface area contributed by atoms with Crippen LogP contribution < -0.4 is 10.6 Å². The fourth-order valence-electron chi connectivity index (χ4n) is 6.31. The Morgan fingerprint density at radius 1 is 1.27 bits per heavy atom. The fourth-order valence-corrected chi connectivity index (χ4v) is 6.31. The van der Waals surface area contributed by atoms with Crippen LogP contribution in [0.2, 0.25) is 0 Å². The SMILES string of the molecule is COC1([C@@]2(O)[C@H](O)[C@@H](CO)O[C@H]2N2CN=C3C2=NC=NC3(N)C(=O)C(C)(C)C)CCN(c2ccccc2F)CC1. The number of carbonyl (C=O) groups is 1. The summed E-state index contributed by atoms with van der Waals surface area (Å²) in [4.78, 5) is 29.7. The summed E-state index contributed by atoms with van der Waals surface area (Å²) in [6, 6.07) is 6.44. The van der Waals surface area contributed by atoms with E-state index < -0.39 is 47.3 Å². The topological polar surface area (TPSA) is 166 Å². The van der Waals surface area contributed by atoms with E-state index in [0.717, 1.165) is 0 Å². The first-order chi connectivity index (χ1) is 18.8. The third-order valence-electron chi connectivity index (χ3n) is 8.53.